The summed E-state index contributed by atoms with van der Waals surface area (Å²) in [5.74, 6) is 0.750. The summed E-state index contributed by atoms with van der Waals surface area (Å²) >= 11 is 0. The van der Waals surface area contributed by atoms with Crippen molar-refractivity contribution in [2.45, 2.75) is 6.92 Å². The van der Waals surface area contributed by atoms with Crippen molar-refractivity contribution in [3.8, 4) is 0 Å². The van der Waals surface area contributed by atoms with Crippen molar-refractivity contribution < 1.29 is 4.39 Å². The number of rotatable bonds is 1. The van der Waals surface area contributed by atoms with Crippen LogP contribution in [0.25, 0.3) is 10.9 Å². The number of nitrogens with one attached hydrogen (secondary N) is 1. The monoisotopic (exact) mass is 245 g/mol. The molecule has 18 heavy (non-hydrogen) atoms. The van der Waals surface area contributed by atoms with Crippen molar-refractivity contribution in [1.29, 1.82) is 0 Å². The van der Waals surface area contributed by atoms with Gasteiger partial charge in [-0.15, -0.1) is 0 Å². The molecular weight excluding hydrogens is 229 g/mol. The van der Waals surface area contributed by atoms with Crippen molar-refractivity contribution in [1.82, 2.24) is 10.3 Å². The van der Waals surface area contributed by atoms with Crippen LogP contribution in [0.1, 0.15) is 5.56 Å². The lowest BCUT2D eigenvalue weighted by Gasteiger charge is -2.29. The molecule has 0 saturated carbocycles. The van der Waals surface area contributed by atoms with Gasteiger partial charge in [0.1, 0.15) is 11.6 Å². The number of hydrogen-bond acceptors (Lipinski definition) is 3. The predicted molar refractivity (Wildman–Crippen MR) is 71.5 cm³/mol. The molecule has 0 atom stereocenters. The third kappa shape index (κ3) is 2.04. The second-order valence-corrected chi connectivity index (χ2v) is 4.70. The highest BCUT2D eigenvalue weighted by Crippen LogP contribution is 2.23. The van der Waals surface area contributed by atoms with Gasteiger partial charge in [0.15, 0.2) is 0 Å². The number of anilines is 1. The van der Waals surface area contributed by atoms with Crippen molar-refractivity contribution in [2.75, 3.05) is 31.1 Å². The van der Waals surface area contributed by atoms with Crippen molar-refractivity contribution in [3.63, 3.8) is 0 Å². The van der Waals surface area contributed by atoms with Crippen molar-refractivity contribution in [2.24, 2.45) is 0 Å². The Kier molecular flexibility index (Phi) is 2.88. The van der Waals surface area contributed by atoms with Crippen LogP contribution >= 0.6 is 0 Å². The number of aryl methyl sites for hydroxylation is 1. The highest BCUT2D eigenvalue weighted by Gasteiger charge is 2.14. The van der Waals surface area contributed by atoms with E-state index in [0.717, 1.165) is 48.5 Å². The maximum atomic E-state index is 13.2. The number of nitrogens with zero attached hydrogens (tertiary/aromatic N) is 2. The Labute approximate surface area is 106 Å². The molecule has 1 fully saturated rings. The SMILES string of the molecule is Cc1cc2ccc(F)cc2nc1N1CCNCC1. The Morgan fingerprint density at radius 1 is 1.22 bits per heavy atom. The van der Waals surface area contributed by atoms with Gasteiger partial charge in [-0.2, -0.15) is 0 Å². The first-order chi connectivity index (χ1) is 8.74. The predicted octanol–water partition coefficient (Wildman–Crippen LogP) is 2.09. The fourth-order valence-electron chi connectivity index (χ4n) is 2.43. The molecule has 0 radical (unpaired) electrons. The standard InChI is InChI=1S/C14H16FN3/c1-10-8-11-2-3-12(15)9-13(11)17-14(10)18-6-4-16-5-7-18/h2-3,8-9,16H,4-7H2,1H3. The number of aromatic nitrogens is 1. The first-order valence-corrected chi connectivity index (χ1v) is 6.26. The molecule has 1 saturated heterocycles. The molecule has 2 heterocycles. The summed E-state index contributed by atoms with van der Waals surface area (Å²) in [4.78, 5) is 6.88. The Balaban J connectivity index is 2.07. The van der Waals surface area contributed by atoms with Crippen LogP contribution in [-0.4, -0.2) is 31.2 Å². The Hall–Kier alpha value is -1.68. The number of halogens is 1. The maximum absolute atomic E-state index is 13.2. The normalized spacial score (nSPS) is 16.2. The fourth-order valence-corrected chi connectivity index (χ4v) is 2.43. The summed E-state index contributed by atoms with van der Waals surface area (Å²) in [5.41, 5.74) is 1.88. The van der Waals surface area contributed by atoms with Gasteiger partial charge >= 0.3 is 0 Å². The summed E-state index contributed by atoms with van der Waals surface area (Å²) < 4.78 is 13.2. The Morgan fingerprint density at radius 2 is 2.00 bits per heavy atom. The highest BCUT2D eigenvalue weighted by molar-refractivity contribution is 5.81. The molecule has 4 heteroatoms. The topological polar surface area (TPSA) is 28.2 Å². The van der Waals surface area contributed by atoms with E-state index in [1.165, 1.54) is 12.1 Å². The summed E-state index contributed by atoms with van der Waals surface area (Å²) in [6.07, 6.45) is 0. The second-order valence-electron chi connectivity index (χ2n) is 4.70. The van der Waals surface area contributed by atoms with E-state index in [0.29, 0.717) is 0 Å². The zero-order valence-corrected chi connectivity index (χ0v) is 10.4. The van der Waals surface area contributed by atoms with Crippen LogP contribution in [0.2, 0.25) is 0 Å². The van der Waals surface area contributed by atoms with E-state index < -0.39 is 0 Å². The largest absolute Gasteiger partial charge is 0.354 e. The molecule has 1 aromatic carbocycles. The maximum Gasteiger partial charge on any atom is 0.132 e. The van der Waals surface area contributed by atoms with Gasteiger partial charge in [-0.3, -0.25) is 0 Å². The summed E-state index contributed by atoms with van der Waals surface area (Å²) in [6.45, 7) is 5.92. The summed E-state index contributed by atoms with van der Waals surface area (Å²) in [6, 6.07) is 6.85. The average molecular weight is 245 g/mol. The number of hydrogen-bond donors (Lipinski definition) is 1. The van der Waals surface area contributed by atoms with Gasteiger partial charge < -0.3 is 10.2 Å². The van der Waals surface area contributed by atoms with Gasteiger partial charge in [0.2, 0.25) is 0 Å². The minimum Gasteiger partial charge on any atom is -0.354 e. The number of pyridine rings is 1. The first kappa shape index (κ1) is 11.4. The number of piperazine rings is 1. The molecule has 3 nitrogen and oxygen atoms in total. The molecule has 94 valence electrons. The summed E-state index contributed by atoms with van der Waals surface area (Å²) in [5, 5.41) is 4.31. The molecule has 0 spiro atoms. The molecule has 0 bridgehead atoms. The van der Waals surface area contributed by atoms with E-state index in [9.17, 15) is 4.39 Å². The quantitative estimate of drug-likeness (QED) is 0.834. The average Bonchev–Trinajstić information content (AvgIpc) is 2.39. The van der Waals surface area contributed by atoms with Crippen molar-refractivity contribution >= 4 is 16.7 Å². The molecule has 1 aliphatic rings. The molecule has 1 aromatic heterocycles. The van der Waals surface area contributed by atoms with Crippen LogP contribution in [0.5, 0.6) is 0 Å². The lowest BCUT2D eigenvalue weighted by Crippen LogP contribution is -2.44. The lowest BCUT2D eigenvalue weighted by atomic mass is 10.1. The molecule has 0 unspecified atom stereocenters. The van der Waals surface area contributed by atoms with Gasteiger partial charge in [-0.05, 0) is 30.7 Å². The zero-order chi connectivity index (χ0) is 12.5. The molecule has 1 N–H and O–H groups in total. The van der Waals surface area contributed by atoms with E-state index in [4.69, 9.17) is 0 Å². The van der Waals surface area contributed by atoms with E-state index in [2.05, 4.69) is 28.2 Å². The molecule has 0 amide bonds. The minimum atomic E-state index is -0.231. The van der Waals surface area contributed by atoms with Crippen molar-refractivity contribution in [3.05, 3.63) is 35.6 Å². The first-order valence-electron chi connectivity index (χ1n) is 6.26. The number of fused-ring (bicyclic) bond motifs is 1. The summed E-state index contributed by atoms with van der Waals surface area (Å²) in [7, 11) is 0. The van der Waals surface area contributed by atoms with E-state index >= 15 is 0 Å². The Bertz CT molecular complexity index is 577. The van der Waals surface area contributed by atoms with Gasteiger partial charge in [0.25, 0.3) is 0 Å². The smallest absolute Gasteiger partial charge is 0.132 e. The molecule has 2 aromatic rings. The number of benzene rings is 1. The van der Waals surface area contributed by atoms with Crippen LogP contribution in [0, 0.1) is 12.7 Å². The highest BCUT2D eigenvalue weighted by atomic mass is 19.1. The third-order valence-corrected chi connectivity index (χ3v) is 3.36. The molecule has 3 rings (SSSR count). The minimum absolute atomic E-state index is 0.231. The Morgan fingerprint density at radius 3 is 2.78 bits per heavy atom. The molecule has 1 aliphatic heterocycles. The molecule has 0 aliphatic carbocycles. The lowest BCUT2D eigenvalue weighted by molar-refractivity contribution is 0.584. The van der Waals surface area contributed by atoms with Gasteiger partial charge in [-0.25, -0.2) is 9.37 Å². The van der Waals surface area contributed by atoms with Gasteiger partial charge in [-0.1, -0.05) is 0 Å². The van der Waals surface area contributed by atoms with Gasteiger partial charge in [0.05, 0.1) is 5.52 Å². The fraction of sp³-hybridized carbons (Fsp3) is 0.357. The molecular formula is C14H16FN3. The van der Waals surface area contributed by atoms with Crippen LogP contribution in [0.15, 0.2) is 24.3 Å². The van der Waals surface area contributed by atoms with Crippen LogP contribution in [-0.2, 0) is 0 Å². The van der Waals surface area contributed by atoms with Crippen LogP contribution in [0.3, 0.4) is 0 Å². The van der Waals surface area contributed by atoms with E-state index in [1.54, 1.807) is 6.07 Å². The van der Waals surface area contributed by atoms with Crippen LogP contribution < -0.4 is 10.2 Å². The van der Waals surface area contributed by atoms with E-state index in [-0.39, 0.29) is 5.82 Å². The zero-order valence-electron chi connectivity index (χ0n) is 10.4. The van der Waals surface area contributed by atoms with Gasteiger partial charge in [0, 0.05) is 37.6 Å². The van der Waals surface area contributed by atoms with Crippen LogP contribution in [0.4, 0.5) is 10.2 Å². The third-order valence-electron chi connectivity index (χ3n) is 3.36. The van der Waals surface area contributed by atoms with E-state index in [1.807, 2.05) is 0 Å². The second kappa shape index (κ2) is 4.53.